The van der Waals surface area contributed by atoms with Crippen molar-refractivity contribution in [2.24, 2.45) is 0 Å². The van der Waals surface area contributed by atoms with Crippen LogP contribution in [-0.4, -0.2) is 52.2 Å². The third-order valence-corrected chi connectivity index (χ3v) is 7.55. The third-order valence-electron chi connectivity index (χ3n) is 6.36. The van der Waals surface area contributed by atoms with Crippen LogP contribution in [0.1, 0.15) is 26.5 Å². The molecule has 172 valence electrons. The van der Waals surface area contributed by atoms with E-state index in [0.717, 1.165) is 51.3 Å². The number of aromatic nitrogens is 3. The van der Waals surface area contributed by atoms with Gasteiger partial charge in [-0.15, -0.1) is 21.5 Å². The van der Waals surface area contributed by atoms with Crippen molar-refractivity contribution in [3.05, 3.63) is 82.4 Å². The predicted octanol–water partition coefficient (Wildman–Crippen LogP) is 5.15. The van der Waals surface area contributed by atoms with Crippen molar-refractivity contribution < 1.29 is 4.79 Å². The molecule has 4 aromatic rings. The molecule has 0 spiro atoms. The van der Waals surface area contributed by atoms with E-state index in [9.17, 15) is 4.79 Å². The molecule has 6 nitrogen and oxygen atoms in total. The van der Waals surface area contributed by atoms with Crippen LogP contribution in [0, 0.1) is 20.8 Å². The zero-order chi connectivity index (χ0) is 23.7. The minimum Gasteiger partial charge on any atom is -0.352 e. The molecule has 7 heteroatoms. The van der Waals surface area contributed by atoms with Gasteiger partial charge in [0.2, 0.25) is 0 Å². The summed E-state index contributed by atoms with van der Waals surface area (Å²) in [6.45, 7) is 8.89. The Bertz CT molecular complexity index is 1310. The number of rotatable bonds is 4. The lowest BCUT2D eigenvalue weighted by atomic mass is 10.0. The summed E-state index contributed by atoms with van der Waals surface area (Å²) in [7, 11) is 0. The maximum atomic E-state index is 13.2. The Morgan fingerprint density at radius 2 is 1.59 bits per heavy atom. The molecule has 2 aromatic heterocycles. The fourth-order valence-electron chi connectivity index (χ4n) is 4.13. The topological polar surface area (TPSA) is 62.2 Å². The van der Waals surface area contributed by atoms with Gasteiger partial charge in [0.25, 0.3) is 5.91 Å². The van der Waals surface area contributed by atoms with E-state index >= 15 is 0 Å². The Balaban J connectivity index is 1.24. The van der Waals surface area contributed by atoms with Crippen molar-refractivity contribution in [1.82, 2.24) is 20.1 Å². The van der Waals surface area contributed by atoms with E-state index in [0.29, 0.717) is 13.1 Å². The number of carbonyl (C=O) groups excluding carboxylic acids is 1. The molecule has 1 fully saturated rings. The second-order valence-corrected chi connectivity index (χ2v) is 9.65. The van der Waals surface area contributed by atoms with Crippen LogP contribution in [0.25, 0.3) is 21.8 Å². The smallest absolute Gasteiger partial charge is 0.265 e. The number of aryl methyl sites for hydroxylation is 3. The van der Waals surface area contributed by atoms with E-state index in [2.05, 4.69) is 52.1 Å². The fourth-order valence-corrected chi connectivity index (χ4v) is 5.17. The first-order valence-electron chi connectivity index (χ1n) is 11.5. The lowest BCUT2D eigenvalue weighted by molar-refractivity contribution is 0.0750. The summed E-state index contributed by atoms with van der Waals surface area (Å²) < 4.78 is 0. The Labute approximate surface area is 203 Å². The minimum absolute atomic E-state index is 0.0630. The average molecular weight is 470 g/mol. The van der Waals surface area contributed by atoms with Gasteiger partial charge in [-0.25, -0.2) is 4.98 Å². The summed E-state index contributed by atoms with van der Waals surface area (Å²) >= 11 is 1.47. The maximum absolute atomic E-state index is 13.2. The van der Waals surface area contributed by atoms with E-state index in [-0.39, 0.29) is 5.91 Å². The number of hydrogen-bond donors (Lipinski definition) is 0. The molecule has 1 saturated heterocycles. The zero-order valence-corrected chi connectivity index (χ0v) is 20.5. The molecule has 1 amide bonds. The van der Waals surface area contributed by atoms with Crippen LogP contribution < -0.4 is 4.90 Å². The van der Waals surface area contributed by atoms with Gasteiger partial charge in [-0.3, -0.25) is 4.79 Å². The molecule has 2 aromatic carbocycles. The molecule has 1 aliphatic rings. The number of anilines is 1. The number of benzene rings is 2. The molecule has 5 rings (SSSR count). The van der Waals surface area contributed by atoms with Crippen LogP contribution in [0.3, 0.4) is 0 Å². The van der Waals surface area contributed by atoms with E-state index in [1.165, 1.54) is 22.5 Å². The number of carbonyl (C=O) groups is 1. The van der Waals surface area contributed by atoms with Crippen molar-refractivity contribution >= 4 is 23.1 Å². The summed E-state index contributed by atoms with van der Waals surface area (Å²) in [6, 6.07) is 20.4. The zero-order valence-electron chi connectivity index (χ0n) is 19.7. The Hall–Kier alpha value is -3.58. The van der Waals surface area contributed by atoms with Gasteiger partial charge in [0.05, 0.1) is 11.4 Å². The molecule has 0 unspecified atom stereocenters. The van der Waals surface area contributed by atoms with Gasteiger partial charge in [0.1, 0.15) is 9.88 Å². The number of hydrogen-bond acceptors (Lipinski definition) is 6. The quantitative estimate of drug-likeness (QED) is 0.413. The van der Waals surface area contributed by atoms with E-state index in [1.54, 1.807) is 0 Å². The lowest BCUT2D eigenvalue weighted by Crippen LogP contribution is -2.49. The van der Waals surface area contributed by atoms with E-state index in [1.807, 2.05) is 54.3 Å². The Morgan fingerprint density at radius 1 is 0.824 bits per heavy atom. The first-order valence-corrected chi connectivity index (χ1v) is 12.3. The lowest BCUT2D eigenvalue weighted by Gasteiger charge is -2.35. The van der Waals surface area contributed by atoms with Gasteiger partial charge in [0.15, 0.2) is 5.82 Å². The number of piperazine rings is 1. The normalized spacial score (nSPS) is 13.9. The van der Waals surface area contributed by atoms with Crippen molar-refractivity contribution in [2.45, 2.75) is 20.8 Å². The SMILES string of the molecule is Cc1ccc(-c2ccc(N3CCN(C(=O)c4sc(-c5ccccc5)nc4C)CC3)nn2)cc1C. The third kappa shape index (κ3) is 4.43. The highest BCUT2D eigenvalue weighted by Crippen LogP contribution is 2.29. The summed E-state index contributed by atoms with van der Waals surface area (Å²) in [6.07, 6.45) is 0. The van der Waals surface area contributed by atoms with Gasteiger partial charge in [0, 0.05) is 37.3 Å². The van der Waals surface area contributed by atoms with Gasteiger partial charge in [-0.1, -0.05) is 42.5 Å². The Kier molecular flexibility index (Phi) is 6.11. The summed E-state index contributed by atoms with van der Waals surface area (Å²) in [5.74, 6) is 0.910. The molecule has 0 N–H and O–H groups in total. The molecular formula is C27H27N5OS. The molecule has 34 heavy (non-hydrogen) atoms. The maximum Gasteiger partial charge on any atom is 0.265 e. The van der Waals surface area contributed by atoms with Gasteiger partial charge in [-0.2, -0.15) is 0 Å². The second-order valence-electron chi connectivity index (χ2n) is 8.65. The summed E-state index contributed by atoms with van der Waals surface area (Å²) in [5.41, 5.74) is 6.30. The standard InChI is InChI=1S/C27H27N5OS/c1-18-9-10-22(17-19(18)2)23-11-12-24(30-29-23)31-13-15-32(16-14-31)27(33)25-20(3)28-26(34-25)21-7-5-4-6-8-21/h4-12,17H,13-16H2,1-3H3. The molecule has 3 heterocycles. The van der Waals surface area contributed by atoms with Crippen LogP contribution in [0.5, 0.6) is 0 Å². The first kappa shape index (κ1) is 22.2. The largest absolute Gasteiger partial charge is 0.352 e. The molecule has 1 aliphatic heterocycles. The molecular weight excluding hydrogens is 442 g/mol. The Morgan fingerprint density at radius 3 is 2.26 bits per heavy atom. The van der Waals surface area contributed by atoms with E-state index < -0.39 is 0 Å². The van der Waals surface area contributed by atoms with Gasteiger partial charge in [-0.05, 0) is 50.1 Å². The molecule has 0 radical (unpaired) electrons. The van der Waals surface area contributed by atoms with Crippen molar-refractivity contribution in [2.75, 3.05) is 31.1 Å². The number of nitrogens with zero attached hydrogens (tertiary/aromatic N) is 5. The molecule has 0 bridgehead atoms. The van der Waals surface area contributed by atoms with Gasteiger partial charge < -0.3 is 9.80 Å². The monoisotopic (exact) mass is 469 g/mol. The highest BCUT2D eigenvalue weighted by Gasteiger charge is 2.26. The summed E-state index contributed by atoms with van der Waals surface area (Å²) in [5, 5.41) is 9.82. The minimum atomic E-state index is 0.0630. The highest BCUT2D eigenvalue weighted by atomic mass is 32.1. The van der Waals surface area contributed by atoms with Crippen LogP contribution >= 0.6 is 11.3 Å². The van der Waals surface area contributed by atoms with Crippen molar-refractivity contribution in [1.29, 1.82) is 0 Å². The molecule has 0 saturated carbocycles. The van der Waals surface area contributed by atoms with Crippen LogP contribution in [-0.2, 0) is 0 Å². The van der Waals surface area contributed by atoms with Crippen LogP contribution in [0.15, 0.2) is 60.7 Å². The second kappa shape index (κ2) is 9.35. The van der Waals surface area contributed by atoms with Crippen LogP contribution in [0.2, 0.25) is 0 Å². The van der Waals surface area contributed by atoms with Crippen molar-refractivity contribution in [3.63, 3.8) is 0 Å². The summed E-state index contributed by atoms with van der Waals surface area (Å²) in [4.78, 5) is 22.7. The number of amides is 1. The fraction of sp³-hybridized carbons (Fsp3) is 0.259. The van der Waals surface area contributed by atoms with E-state index in [4.69, 9.17) is 0 Å². The molecule has 0 aliphatic carbocycles. The van der Waals surface area contributed by atoms with Crippen LogP contribution in [0.4, 0.5) is 5.82 Å². The number of thiazole rings is 1. The van der Waals surface area contributed by atoms with Gasteiger partial charge >= 0.3 is 0 Å². The predicted molar refractivity (Wildman–Crippen MR) is 137 cm³/mol. The van der Waals surface area contributed by atoms with Crippen molar-refractivity contribution in [3.8, 4) is 21.8 Å². The molecule has 0 atom stereocenters. The average Bonchev–Trinajstić information content (AvgIpc) is 3.27. The highest BCUT2D eigenvalue weighted by molar-refractivity contribution is 7.17. The first-order chi connectivity index (χ1) is 16.5.